The lowest BCUT2D eigenvalue weighted by atomic mass is 10.0. The predicted molar refractivity (Wildman–Crippen MR) is 91.8 cm³/mol. The van der Waals surface area contributed by atoms with Gasteiger partial charge in [0.1, 0.15) is 5.75 Å². The van der Waals surface area contributed by atoms with E-state index in [1.807, 2.05) is 0 Å². The lowest BCUT2D eigenvalue weighted by Crippen LogP contribution is -2.31. The first-order valence-electron chi connectivity index (χ1n) is 8.62. The van der Waals surface area contributed by atoms with Gasteiger partial charge in [-0.05, 0) is 42.9 Å². The van der Waals surface area contributed by atoms with Crippen molar-refractivity contribution in [2.24, 2.45) is 5.92 Å². The van der Waals surface area contributed by atoms with Crippen LogP contribution >= 0.6 is 0 Å². The van der Waals surface area contributed by atoms with Crippen molar-refractivity contribution in [2.75, 3.05) is 26.3 Å². The van der Waals surface area contributed by atoms with Crippen LogP contribution in [0.2, 0.25) is 0 Å². The maximum atomic E-state index is 6.09. The predicted octanol–water partition coefficient (Wildman–Crippen LogP) is 3.90. The zero-order valence-corrected chi connectivity index (χ0v) is 14.5. The van der Waals surface area contributed by atoms with E-state index in [9.17, 15) is 0 Å². The molecule has 1 aromatic carbocycles. The summed E-state index contributed by atoms with van der Waals surface area (Å²) in [6.45, 7) is 12.4. The van der Waals surface area contributed by atoms with Crippen LogP contribution in [0.25, 0.3) is 0 Å². The van der Waals surface area contributed by atoms with Crippen LogP contribution in [0.3, 0.4) is 0 Å². The van der Waals surface area contributed by atoms with Gasteiger partial charge in [-0.15, -0.1) is 0 Å². The zero-order chi connectivity index (χ0) is 15.9. The number of hydrogen-bond donors (Lipinski definition) is 1. The van der Waals surface area contributed by atoms with E-state index < -0.39 is 0 Å². The van der Waals surface area contributed by atoms with Crippen molar-refractivity contribution in [3.05, 3.63) is 29.3 Å². The van der Waals surface area contributed by atoms with Gasteiger partial charge in [-0.25, -0.2) is 0 Å². The van der Waals surface area contributed by atoms with Crippen LogP contribution in [-0.4, -0.2) is 32.4 Å². The molecule has 3 nitrogen and oxygen atoms in total. The highest BCUT2D eigenvalue weighted by Gasteiger charge is 2.15. The second-order valence-corrected chi connectivity index (χ2v) is 6.91. The standard InChI is InChI=1S/C19H31NO2/c1-14(2)18-8-7-15(3)10-19(18)22-13-16(4)11-20-12-17-6-5-9-21-17/h7-8,10,14,16-17,20H,5-6,9,11-13H2,1-4H3/t16-,17-/m1/s1. The van der Waals surface area contributed by atoms with E-state index >= 15 is 0 Å². The van der Waals surface area contributed by atoms with Gasteiger partial charge in [0.2, 0.25) is 0 Å². The first kappa shape index (κ1) is 17.3. The number of hydrogen-bond acceptors (Lipinski definition) is 3. The maximum absolute atomic E-state index is 6.09. The molecular formula is C19H31NO2. The van der Waals surface area contributed by atoms with Gasteiger partial charge in [0.25, 0.3) is 0 Å². The Morgan fingerprint density at radius 1 is 1.32 bits per heavy atom. The smallest absolute Gasteiger partial charge is 0.123 e. The summed E-state index contributed by atoms with van der Waals surface area (Å²) in [5, 5.41) is 3.51. The molecule has 1 heterocycles. The van der Waals surface area contributed by atoms with Crippen LogP contribution in [0.5, 0.6) is 5.75 Å². The summed E-state index contributed by atoms with van der Waals surface area (Å²) < 4.78 is 11.7. The first-order chi connectivity index (χ1) is 10.6. The first-order valence-corrected chi connectivity index (χ1v) is 8.62. The van der Waals surface area contributed by atoms with Crippen molar-refractivity contribution < 1.29 is 9.47 Å². The van der Waals surface area contributed by atoms with Gasteiger partial charge in [-0.2, -0.15) is 0 Å². The van der Waals surface area contributed by atoms with Gasteiger partial charge in [0.15, 0.2) is 0 Å². The minimum Gasteiger partial charge on any atom is -0.493 e. The average molecular weight is 305 g/mol. The van der Waals surface area contributed by atoms with Crippen LogP contribution < -0.4 is 10.1 Å². The molecule has 1 aliphatic rings. The van der Waals surface area contributed by atoms with Gasteiger partial charge in [0.05, 0.1) is 12.7 Å². The number of aryl methyl sites for hydroxylation is 1. The fraction of sp³-hybridized carbons (Fsp3) is 0.684. The van der Waals surface area contributed by atoms with Crippen molar-refractivity contribution in [1.29, 1.82) is 0 Å². The molecule has 3 heteroatoms. The third-order valence-electron chi connectivity index (χ3n) is 4.20. The van der Waals surface area contributed by atoms with E-state index in [-0.39, 0.29) is 0 Å². The summed E-state index contributed by atoms with van der Waals surface area (Å²) >= 11 is 0. The van der Waals surface area contributed by atoms with Crippen molar-refractivity contribution in [3.8, 4) is 5.75 Å². The van der Waals surface area contributed by atoms with Gasteiger partial charge < -0.3 is 14.8 Å². The molecule has 0 radical (unpaired) electrons. The van der Waals surface area contributed by atoms with Gasteiger partial charge in [-0.3, -0.25) is 0 Å². The van der Waals surface area contributed by atoms with Crippen LogP contribution in [0, 0.1) is 12.8 Å². The molecule has 2 rings (SSSR count). The molecule has 124 valence electrons. The SMILES string of the molecule is Cc1ccc(C(C)C)c(OC[C@H](C)CNC[C@H]2CCCO2)c1. The fourth-order valence-corrected chi connectivity index (χ4v) is 2.83. The fourth-order valence-electron chi connectivity index (χ4n) is 2.83. The van der Waals surface area contributed by atoms with Crippen molar-refractivity contribution >= 4 is 0 Å². The normalized spacial score (nSPS) is 19.6. The monoisotopic (exact) mass is 305 g/mol. The second-order valence-electron chi connectivity index (χ2n) is 6.91. The zero-order valence-electron chi connectivity index (χ0n) is 14.5. The van der Waals surface area contributed by atoms with Crippen molar-refractivity contribution in [1.82, 2.24) is 5.32 Å². The van der Waals surface area contributed by atoms with E-state index in [0.717, 1.165) is 32.1 Å². The van der Waals surface area contributed by atoms with E-state index in [2.05, 4.69) is 51.2 Å². The van der Waals surface area contributed by atoms with Crippen LogP contribution in [0.4, 0.5) is 0 Å². The number of nitrogens with one attached hydrogen (secondary N) is 1. The number of benzene rings is 1. The van der Waals surface area contributed by atoms with Crippen molar-refractivity contribution in [2.45, 2.75) is 52.6 Å². The summed E-state index contributed by atoms with van der Waals surface area (Å²) in [6, 6.07) is 6.51. The summed E-state index contributed by atoms with van der Waals surface area (Å²) in [5.41, 5.74) is 2.55. The van der Waals surface area contributed by atoms with Gasteiger partial charge in [-0.1, -0.05) is 32.9 Å². The van der Waals surface area contributed by atoms with Crippen LogP contribution in [0.15, 0.2) is 18.2 Å². The average Bonchev–Trinajstić information content (AvgIpc) is 2.98. The molecule has 0 aromatic heterocycles. The quantitative estimate of drug-likeness (QED) is 0.790. The Kier molecular flexibility index (Phi) is 6.71. The Balaban J connectivity index is 1.75. The van der Waals surface area contributed by atoms with Gasteiger partial charge in [0, 0.05) is 25.6 Å². The minimum atomic E-state index is 0.414. The summed E-state index contributed by atoms with van der Waals surface area (Å²) in [7, 11) is 0. The molecule has 1 saturated heterocycles. The van der Waals surface area contributed by atoms with Crippen LogP contribution in [0.1, 0.15) is 50.7 Å². The lowest BCUT2D eigenvalue weighted by Gasteiger charge is -2.19. The third-order valence-corrected chi connectivity index (χ3v) is 4.20. The summed E-state index contributed by atoms with van der Waals surface area (Å²) in [6.07, 6.45) is 2.81. The summed E-state index contributed by atoms with van der Waals surface area (Å²) in [5.74, 6) is 2.02. The Morgan fingerprint density at radius 3 is 2.82 bits per heavy atom. The molecule has 1 aromatic rings. The van der Waals surface area contributed by atoms with Crippen molar-refractivity contribution in [3.63, 3.8) is 0 Å². The highest BCUT2D eigenvalue weighted by atomic mass is 16.5. The maximum Gasteiger partial charge on any atom is 0.123 e. The van der Waals surface area contributed by atoms with E-state index in [1.165, 1.54) is 24.0 Å². The molecule has 0 aliphatic carbocycles. The molecule has 0 bridgehead atoms. The minimum absolute atomic E-state index is 0.414. The van der Waals surface area contributed by atoms with E-state index in [0.29, 0.717) is 17.9 Å². The topological polar surface area (TPSA) is 30.5 Å². The van der Waals surface area contributed by atoms with E-state index in [4.69, 9.17) is 9.47 Å². The van der Waals surface area contributed by atoms with E-state index in [1.54, 1.807) is 0 Å². The molecule has 1 fully saturated rings. The lowest BCUT2D eigenvalue weighted by molar-refractivity contribution is 0.108. The third kappa shape index (κ3) is 5.29. The molecule has 0 unspecified atom stereocenters. The second kappa shape index (κ2) is 8.54. The Hall–Kier alpha value is -1.06. The molecule has 22 heavy (non-hydrogen) atoms. The Morgan fingerprint density at radius 2 is 2.14 bits per heavy atom. The highest BCUT2D eigenvalue weighted by Crippen LogP contribution is 2.27. The Labute approximate surface area is 135 Å². The molecule has 0 saturated carbocycles. The highest BCUT2D eigenvalue weighted by molar-refractivity contribution is 5.39. The molecule has 0 spiro atoms. The van der Waals surface area contributed by atoms with Crippen LogP contribution in [-0.2, 0) is 4.74 Å². The molecule has 1 aliphatic heterocycles. The largest absolute Gasteiger partial charge is 0.493 e. The molecule has 1 N–H and O–H groups in total. The van der Waals surface area contributed by atoms with Gasteiger partial charge >= 0.3 is 0 Å². The summed E-state index contributed by atoms with van der Waals surface area (Å²) in [4.78, 5) is 0. The number of ether oxygens (including phenoxy) is 2. The molecular weight excluding hydrogens is 274 g/mol. The number of rotatable bonds is 8. The molecule has 0 amide bonds. The molecule has 2 atom stereocenters. The Bertz CT molecular complexity index is 453.